The Morgan fingerprint density at radius 2 is 0.819 bits per heavy atom. The lowest BCUT2D eigenvalue weighted by atomic mass is 9.83. The SMILES string of the molecule is C[C@H]1[C@H](C)[C@@H](COC(=O)c2ccccc2)O[C@@H](OC[C@H]2O[C@@H](OC(C#N)c3ccccc3)[C@H](OC(=O)c3ccccc3)[C@@H](OC(=O)c3ccccc3)[C@@H]2OC(=O)c2ccccc2)[C@@H]1OC(=O)c1ccccc1. The molecule has 0 aliphatic carbocycles. The van der Waals surface area contributed by atoms with E-state index in [-0.39, 0.29) is 34.8 Å². The summed E-state index contributed by atoms with van der Waals surface area (Å²) in [5.41, 5.74) is 1.36. The molecule has 11 atom stereocenters. The Bertz CT molecular complexity index is 2780. The number of carbonyl (C=O) groups is 5. The van der Waals surface area contributed by atoms with Gasteiger partial charge in [0, 0.05) is 5.92 Å². The predicted molar refractivity (Wildman–Crippen MR) is 257 cm³/mol. The Morgan fingerprint density at radius 1 is 0.444 bits per heavy atom. The van der Waals surface area contributed by atoms with Crippen molar-refractivity contribution in [3.8, 4) is 6.07 Å². The second-order valence-corrected chi connectivity index (χ2v) is 17.1. The zero-order valence-corrected chi connectivity index (χ0v) is 39.2. The molecule has 0 amide bonds. The lowest BCUT2D eigenvalue weighted by molar-refractivity contribution is -0.325. The van der Waals surface area contributed by atoms with E-state index in [1.807, 2.05) is 13.8 Å². The summed E-state index contributed by atoms with van der Waals surface area (Å²) in [6, 6.07) is 51.4. The molecule has 6 aromatic rings. The summed E-state index contributed by atoms with van der Waals surface area (Å²) in [4.78, 5) is 69.4. The van der Waals surface area contributed by atoms with Gasteiger partial charge in [-0.2, -0.15) is 5.26 Å². The summed E-state index contributed by atoms with van der Waals surface area (Å²) in [5, 5.41) is 10.5. The molecule has 2 aliphatic heterocycles. The van der Waals surface area contributed by atoms with Gasteiger partial charge in [0.1, 0.15) is 12.7 Å². The Labute approximate surface area is 416 Å². The molecule has 0 bridgehead atoms. The van der Waals surface area contributed by atoms with Gasteiger partial charge in [-0.25, -0.2) is 24.0 Å². The summed E-state index contributed by atoms with van der Waals surface area (Å²) < 4.78 is 56.8. The third kappa shape index (κ3) is 12.5. The molecule has 2 heterocycles. The molecular formula is C57H51NO14. The van der Waals surface area contributed by atoms with Crippen LogP contribution in [0.15, 0.2) is 182 Å². The second kappa shape index (κ2) is 24.2. The van der Waals surface area contributed by atoms with Crippen molar-refractivity contribution >= 4 is 29.8 Å². The van der Waals surface area contributed by atoms with Crippen LogP contribution >= 0.6 is 0 Å². The van der Waals surface area contributed by atoms with Crippen LogP contribution < -0.4 is 0 Å². The minimum Gasteiger partial charge on any atom is -0.459 e. The molecule has 0 radical (unpaired) electrons. The number of nitrogens with zero attached hydrogens (tertiary/aromatic N) is 1. The van der Waals surface area contributed by atoms with Crippen LogP contribution in [0.1, 0.15) is 77.3 Å². The maximum Gasteiger partial charge on any atom is 0.338 e. The number of rotatable bonds is 17. The number of benzene rings is 6. The van der Waals surface area contributed by atoms with E-state index >= 15 is 0 Å². The van der Waals surface area contributed by atoms with Crippen LogP contribution in [0.5, 0.6) is 0 Å². The number of nitriles is 1. The van der Waals surface area contributed by atoms with E-state index in [1.165, 1.54) is 36.4 Å². The molecule has 2 aliphatic rings. The monoisotopic (exact) mass is 973 g/mol. The standard InChI is InChI=1S/C57H51NO14/c1-36-37(2)47(69-52(60)40-25-13-5-14-26-40)56(67-45(36)34-64-51(59)39-23-11-4-12-24-39)65-35-46-48(70-53(61)41-27-15-6-16-28-41)49(71-54(62)42-29-17-7-18-30-42)50(72-55(63)43-31-19-8-20-32-43)57(68-46)66-44(33-58)38-21-9-3-10-22-38/h3-32,36-37,44-50,56-57H,34-35H2,1-2H3/t36-,37-,44?,45+,46+,47+,48+,49-,50+,56+,57+/m0/s1. The highest BCUT2D eigenvalue weighted by Crippen LogP contribution is 2.37. The van der Waals surface area contributed by atoms with Gasteiger partial charge < -0.3 is 42.6 Å². The second-order valence-electron chi connectivity index (χ2n) is 17.1. The summed E-state index contributed by atoms with van der Waals surface area (Å²) >= 11 is 0. The van der Waals surface area contributed by atoms with Gasteiger partial charge in [0.2, 0.25) is 6.29 Å². The fraction of sp³-hybridized carbons (Fsp3) is 0.263. The molecule has 0 aromatic heterocycles. The maximum atomic E-state index is 14.2. The van der Waals surface area contributed by atoms with Crippen LogP contribution in [-0.4, -0.2) is 92.3 Å². The minimum absolute atomic E-state index is 0.107. The van der Waals surface area contributed by atoms with Crippen molar-refractivity contribution in [2.24, 2.45) is 11.8 Å². The summed E-state index contributed by atoms with van der Waals surface area (Å²) in [7, 11) is 0. The van der Waals surface area contributed by atoms with Crippen molar-refractivity contribution in [2.75, 3.05) is 13.2 Å². The van der Waals surface area contributed by atoms with Crippen molar-refractivity contribution < 1.29 is 66.6 Å². The predicted octanol–water partition coefficient (Wildman–Crippen LogP) is 8.77. The lowest BCUT2D eigenvalue weighted by Gasteiger charge is -2.46. The first-order valence-corrected chi connectivity index (χ1v) is 23.4. The van der Waals surface area contributed by atoms with Crippen LogP contribution in [0, 0.1) is 23.2 Å². The van der Waals surface area contributed by atoms with Gasteiger partial charge in [0.05, 0.1) is 46.6 Å². The molecule has 15 heteroatoms. The fourth-order valence-corrected chi connectivity index (χ4v) is 8.29. The van der Waals surface area contributed by atoms with Crippen LogP contribution in [0.25, 0.3) is 0 Å². The van der Waals surface area contributed by atoms with Crippen LogP contribution in [0.4, 0.5) is 0 Å². The van der Waals surface area contributed by atoms with Gasteiger partial charge in [-0.05, 0) is 72.1 Å². The van der Waals surface area contributed by atoms with E-state index in [1.54, 1.807) is 146 Å². The molecule has 2 saturated heterocycles. The van der Waals surface area contributed by atoms with E-state index in [4.69, 9.17) is 42.6 Å². The first kappa shape index (κ1) is 50.4. The summed E-state index contributed by atoms with van der Waals surface area (Å²) in [6.45, 7) is 2.97. The van der Waals surface area contributed by atoms with Crippen LogP contribution in [0.2, 0.25) is 0 Å². The molecule has 0 N–H and O–H groups in total. The van der Waals surface area contributed by atoms with E-state index < -0.39 is 97.7 Å². The zero-order valence-electron chi connectivity index (χ0n) is 39.2. The van der Waals surface area contributed by atoms with Crippen molar-refractivity contribution in [1.82, 2.24) is 0 Å². The molecule has 368 valence electrons. The summed E-state index contributed by atoms with van der Waals surface area (Å²) in [5.74, 6) is -4.72. The average Bonchev–Trinajstić information content (AvgIpc) is 3.43. The van der Waals surface area contributed by atoms with Gasteiger partial charge in [-0.3, -0.25) is 0 Å². The third-order valence-corrected chi connectivity index (χ3v) is 12.4. The summed E-state index contributed by atoms with van der Waals surface area (Å²) in [6.07, 6.45) is -12.8. The van der Waals surface area contributed by atoms with Gasteiger partial charge in [0.15, 0.2) is 36.8 Å². The minimum atomic E-state index is -1.71. The Kier molecular flexibility index (Phi) is 16.9. The first-order valence-electron chi connectivity index (χ1n) is 23.4. The van der Waals surface area contributed by atoms with Gasteiger partial charge >= 0.3 is 29.8 Å². The van der Waals surface area contributed by atoms with Gasteiger partial charge in [0.25, 0.3) is 0 Å². The molecule has 15 nitrogen and oxygen atoms in total. The highest BCUT2D eigenvalue weighted by molar-refractivity contribution is 5.92. The van der Waals surface area contributed by atoms with Crippen molar-refractivity contribution in [3.63, 3.8) is 0 Å². The number of ether oxygens (including phenoxy) is 9. The smallest absolute Gasteiger partial charge is 0.338 e. The molecule has 6 aromatic carbocycles. The number of hydrogen-bond donors (Lipinski definition) is 0. The average molecular weight is 974 g/mol. The van der Waals surface area contributed by atoms with Crippen molar-refractivity contribution in [1.29, 1.82) is 5.26 Å². The molecule has 8 rings (SSSR count). The quantitative estimate of drug-likeness (QED) is 0.0622. The maximum absolute atomic E-state index is 14.2. The third-order valence-electron chi connectivity index (χ3n) is 12.4. The Morgan fingerprint density at radius 3 is 1.26 bits per heavy atom. The van der Waals surface area contributed by atoms with Gasteiger partial charge in [-0.15, -0.1) is 0 Å². The topological polar surface area (TPSA) is 192 Å². The van der Waals surface area contributed by atoms with Gasteiger partial charge in [-0.1, -0.05) is 135 Å². The molecule has 0 saturated carbocycles. The fourth-order valence-electron chi connectivity index (χ4n) is 8.29. The Hall–Kier alpha value is -8.00. The van der Waals surface area contributed by atoms with E-state index in [2.05, 4.69) is 6.07 Å². The molecule has 72 heavy (non-hydrogen) atoms. The first-order chi connectivity index (χ1) is 35.1. The lowest BCUT2D eigenvalue weighted by Crippen LogP contribution is -2.63. The van der Waals surface area contributed by atoms with Crippen molar-refractivity contribution in [3.05, 3.63) is 215 Å². The van der Waals surface area contributed by atoms with Crippen molar-refractivity contribution in [2.45, 2.75) is 69.2 Å². The van der Waals surface area contributed by atoms with E-state index in [9.17, 15) is 29.2 Å². The highest BCUT2D eigenvalue weighted by atomic mass is 16.8. The number of carbonyl (C=O) groups excluding carboxylic acids is 5. The largest absolute Gasteiger partial charge is 0.459 e. The molecule has 1 unspecified atom stereocenters. The number of hydrogen-bond acceptors (Lipinski definition) is 15. The molecule has 0 spiro atoms. The Balaban J connectivity index is 1.18. The van der Waals surface area contributed by atoms with E-state index in [0.717, 1.165) is 0 Å². The normalized spacial score (nSPS) is 24.0. The van der Waals surface area contributed by atoms with E-state index in [0.29, 0.717) is 11.1 Å². The molecule has 2 fully saturated rings. The van der Waals surface area contributed by atoms with Crippen LogP contribution in [-0.2, 0) is 42.6 Å². The van der Waals surface area contributed by atoms with Crippen LogP contribution in [0.3, 0.4) is 0 Å². The zero-order chi connectivity index (χ0) is 50.4. The molecular weight excluding hydrogens is 923 g/mol. The number of esters is 5. The highest BCUT2D eigenvalue weighted by Gasteiger charge is 2.55.